The Hall–Kier alpha value is -0.870. The lowest BCUT2D eigenvalue weighted by atomic mass is 10.3. The molecule has 12 heavy (non-hydrogen) atoms. The van der Waals surface area contributed by atoms with Crippen LogP contribution in [0.3, 0.4) is 0 Å². The number of carbonyl (C=O) groups is 1. The summed E-state index contributed by atoms with van der Waals surface area (Å²) >= 11 is 1.53. The van der Waals surface area contributed by atoms with Gasteiger partial charge < -0.3 is 10.6 Å². The number of thiophene rings is 1. The Morgan fingerprint density at radius 2 is 2.42 bits per heavy atom. The maximum atomic E-state index is 11.3. The van der Waals surface area contributed by atoms with Gasteiger partial charge in [-0.05, 0) is 24.4 Å². The molecule has 1 aromatic rings. The van der Waals surface area contributed by atoms with E-state index in [1.165, 1.54) is 11.3 Å². The SMILES string of the molecule is CC(N)C(=O)N(C)c1cccs1. The van der Waals surface area contributed by atoms with Gasteiger partial charge in [-0.15, -0.1) is 11.3 Å². The van der Waals surface area contributed by atoms with Crippen molar-refractivity contribution < 1.29 is 4.79 Å². The molecule has 0 saturated carbocycles. The third-order valence-corrected chi connectivity index (χ3v) is 2.50. The average Bonchev–Trinajstić information content (AvgIpc) is 2.53. The van der Waals surface area contributed by atoms with Gasteiger partial charge in [-0.3, -0.25) is 4.79 Å². The molecule has 0 spiro atoms. The molecule has 1 atom stereocenters. The van der Waals surface area contributed by atoms with Gasteiger partial charge in [-0.2, -0.15) is 0 Å². The highest BCUT2D eigenvalue weighted by Gasteiger charge is 2.14. The summed E-state index contributed by atoms with van der Waals surface area (Å²) in [5, 5.41) is 2.86. The fourth-order valence-electron chi connectivity index (χ4n) is 0.875. The normalized spacial score (nSPS) is 12.6. The second-order valence-electron chi connectivity index (χ2n) is 2.64. The van der Waals surface area contributed by atoms with Crippen LogP contribution in [-0.4, -0.2) is 19.0 Å². The van der Waals surface area contributed by atoms with E-state index in [0.29, 0.717) is 0 Å². The Kier molecular flexibility index (Phi) is 2.83. The van der Waals surface area contributed by atoms with Crippen LogP contribution in [0.4, 0.5) is 5.00 Å². The molecule has 2 N–H and O–H groups in total. The van der Waals surface area contributed by atoms with Crippen LogP contribution in [0.1, 0.15) is 6.92 Å². The molecular formula is C8H12N2OS. The predicted octanol–water partition coefficient (Wildman–Crippen LogP) is 1.06. The predicted molar refractivity (Wildman–Crippen MR) is 51.4 cm³/mol. The Bertz CT molecular complexity index is 256. The first-order valence-electron chi connectivity index (χ1n) is 3.69. The summed E-state index contributed by atoms with van der Waals surface area (Å²) in [6, 6.07) is 3.37. The molecule has 0 aliphatic rings. The zero-order chi connectivity index (χ0) is 9.14. The van der Waals surface area contributed by atoms with E-state index in [4.69, 9.17) is 5.73 Å². The van der Waals surface area contributed by atoms with Crippen LogP contribution in [0.2, 0.25) is 0 Å². The average molecular weight is 184 g/mol. The van der Waals surface area contributed by atoms with E-state index in [1.54, 1.807) is 18.9 Å². The van der Waals surface area contributed by atoms with Crippen molar-refractivity contribution >= 4 is 22.2 Å². The van der Waals surface area contributed by atoms with Crippen molar-refractivity contribution in [2.24, 2.45) is 5.73 Å². The van der Waals surface area contributed by atoms with Gasteiger partial charge in [-0.25, -0.2) is 0 Å². The third-order valence-electron chi connectivity index (χ3n) is 1.56. The highest BCUT2D eigenvalue weighted by Crippen LogP contribution is 2.19. The second-order valence-corrected chi connectivity index (χ2v) is 3.56. The number of hydrogen-bond donors (Lipinski definition) is 1. The van der Waals surface area contributed by atoms with Gasteiger partial charge in [0, 0.05) is 7.05 Å². The van der Waals surface area contributed by atoms with Crippen molar-refractivity contribution in [1.29, 1.82) is 0 Å². The Morgan fingerprint density at radius 3 is 2.83 bits per heavy atom. The maximum absolute atomic E-state index is 11.3. The second kappa shape index (κ2) is 3.69. The van der Waals surface area contributed by atoms with Gasteiger partial charge in [0.25, 0.3) is 0 Å². The summed E-state index contributed by atoms with van der Waals surface area (Å²) in [5.74, 6) is -0.0579. The van der Waals surface area contributed by atoms with Gasteiger partial charge in [-0.1, -0.05) is 0 Å². The third kappa shape index (κ3) is 1.84. The van der Waals surface area contributed by atoms with Crippen LogP contribution in [0.15, 0.2) is 17.5 Å². The van der Waals surface area contributed by atoms with E-state index >= 15 is 0 Å². The highest BCUT2D eigenvalue weighted by molar-refractivity contribution is 7.14. The van der Waals surface area contributed by atoms with E-state index in [9.17, 15) is 4.79 Å². The fraction of sp³-hybridized carbons (Fsp3) is 0.375. The molecule has 0 aliphatic carbocycles. The van der Waals surface area contributed by atoms with Crippen molar-refractivity contribution in [1.82, 2.24) is 0 Å². The van der Waals surface area contributed by atoms with E-state index in [0.717, 1.165) is 5.00 Å². The van der Waals surface area contributed by atoms with Gasteiger partial charge in [0.1, 0.15) is 0 Å². The first-order chi connectivity index (χ1) is 5.63. The van der Waals surface area contributed by atoms with Crippen molar-refractivity contribution in [2.75, 3.05) is 11.9 Å². The Morgan fingerprint density at radius 1 is 1.75 bits per heavy atom. The van der Waals surface area contributed by atoms with Crippen LogP contribution < -0.4 is 10.6 Å². The first-order valence-corrected chi connectivity index (χ1v) is 4.57. The quantitative estimate of drug-likeness (QED) is 0.747. The van der Waals surface area contributed by atoms with Crippen LogP contribution in [0.5, 0.6) is 0 Å². The zero-order valence-electron chi connectivity index (χ0n) is 7.15. The summed E-state index contributed by atoms with van der Waals surface area (Å²) in [6.45, 7) is 1.69. The van der Waals surface area contributed by atoms with Crippen LogP contribution in [0.25, 0.3) is 0 Å². The lowest BCUT2D eigenvalue weighted by molar-refractivity contribution is -0.119. The molecule has 66 valence electrons. The Labute approximate surface area is 75.8 Å². The number of nitrogens with two attached hydrogens (primary N) is 1. The van der Waals surface area contributed by atoms with Crippen molar-refractivity contribution in [2.45, 2.75) is 13.0 Å². The van der Waals surface area contributed by atoms with Crippen molar-refractivity contribution in [3.63, 3.8) is 0 Å². The number of nitrogens with zero attached hydrogens (tertiary/aromatic N) is 1. The number of carbonyl (C=O) groups excluding carboxylic acids is 1. The lowest BCUT2D eigenvalue weighted by Gasteiger charge is -2.16. The molecule has 4 heteroatoms. The Balaban J connectivity index is 2.72. The smallest absolute Gasteiger partial charge is 0.243 e. The van der Waals surface area contributed by atoms with Gasteiger partial charge >= 0.3 is 0 Å². The molecule has 0 radical (unpaired) electrons. The minimum Gasteiger partial charge on any atom is -0.320 e. The van der Waals surface area contributed by atoms with Crippen molar-refractivity contribution in [3.05, 3.63) is 17.5 Å². The standard InChI is InChI=1S/C8H12N2OS/c1-6(9)8(11)10(2)7-4-3-5-12-7/h3-6H,9H2,1-2H3. The van der Waals surface area contributed by atoms with Crippen molar-refractivity contribution in [3.8, 4) is 0 Å². The number of amides is 1. The number of anilines is 1. The van der Waals surface area contributed by atoms with Crippen LogP contribution in [0, 0.1) is 0 Å². The molecular weight excluding hydrogens is 172 g/mol. The van der Waals surface area contributed by atoms with Gasteiger partial charge in [0.2, 0.25) is 5.91 Å². The molecule has 1 unspecified atom stereocenters. The minimum absolute atomic E-state index is 0.0579. The molecule has 0 fully saturated rings. The van der Waals surface area contributed by atoms with Crippen LogP contribution >= 0.6 is 11.3 Å². The van der Waals surface area contributed by atoms with Gasteiger partial charge in [0.15, 0.2) is 0 Å². The fourth-order valence-corrected chi connectivity index (χ4v) is 1.58. The molecule has 0 aliphatic heterocycles. The molecule has 1 amide bonds. The summed E-state index contributed by atoms with van der Waals surface area (Å²) < 4.78 is 0. The van der Waals surface area contributed by atoms with E-state index < -0.39 is 6.04 Å². The van der Waals surface area contributed by atoms with E-state index in [2.05, 4.69) is 0 Å². The molecule has 0 bridgehead atoms. The maximum Gasteiger partial charge on any atom is 0.243 e. The monoisotopic (exact) mass is 184 g/mol. The number of hydrogen-bond acceptors (Lipinski definition) is 3. The molecule has 1 heterocycles. The van der Waals surface area contributed by atoms with Gasteiger partial charge in [0.05, 0.1) is 11.0 Å². The molecule has 1 aromatic heterocycles. The zero-order valence-corrected chi connectivity index (χ0v) is 7.97. The van der Waals surface area contributed by atoms with Crippen LogP contribution in [-0.2, 0) is 4.79 Å². The lowest BCUT2D eigenvalue weighted by Crippen LogP contribution is -2.39. The largest absolute Gasteiger partial charge is 0.320 e. The summed E-state index contributed by atoms with van der Waals surface area (Å²) in [7, 11) is 1.73. The number of likely N-dealkylation sites (N-methyl/N-ethyl adjacent to an activating group) is 1. The molecule has 0 aromatic carbocycles. The number of rotatable bonds is 2. The highest BCUT2D eigenvalue weighted by atomic mass is 32.1. The van der Waals surface area contributed by atoms with E-state index in [1.807, 2.05) is 17.5 Å². The molecule has 0 saturated heterocycles. The molecule has 1 rings (SSSR count). The summed E-state index contributed by atoms with van der Waals surface area (Å²) in [4.78, 5) is 12.9. The summed E-state index contributed by atoms with van der Waals surface area (Å²) in [6.07, 6.45) is 0. The topological polar surface area (TPSA) is 46.3 Å². The minimum atomic E-state index is -0.433. The molecule has 3 nitrogen and oxygen atoms in total. The first kappa shape index (κ1) is 9.22. The van der Waals surface area contributed by atoms with E-state index in [-0.39, 0.29) is 5.91 Å². The summed E-state index contributed by atoms with van der Waals surface area (Å²) in [5.41, 5.74) is 5.46.